The predicted octanol–water partition coefficient (Wildman–Crippen LogP) is 1.80. The van der Waals surface area contributed by atoms with Gasteiger partial charge in [0.2, 0.25) is 5.91 Å². The number of rotatable bonds is 7. The SMILES string of the molecule is COC(=O)CNC(=O)c1cccc(NC(=O)C2CCN2Cc2ccccc2)c1. The average Bonchev–Trinajstić information content (AvgIpc) is 2.70. The summed E-state index contributed by atoms with van der Waals surface area (Å²) in [6.45, 7) is 1.40. The molecule has 0 saturated carbocycles. The van der Waals surface area contributed by atoms with Gasteiger partial charge in [0, 0.05) is 24.3 Å². The van der Waals surface area contributed by atoms with E-state index in [4.69, 9.17) is 0 Å². The van der Waals surface area contributed by atoms with Crippen LogP contribution in [0.4, 0.5) is 5.69 Å². The predicted molar refractivity (Wildman–Crippen MR) is 105 cm³/mol. The van der Waals surface area contributed by atoms with Gasteiger partial charge < -0.3 is 15.4 Å². The molecule has 7 nitrogen and oxygen atoms in total. The first-order chi connectivity index (χ1) is 13.6. The summed E-state index contributed by atoms with van der Waals surface area (Å²) in [6, 6.07) is 16.5. The van der Waals surface area contributed by atoms with E-state index >= 15 is 0 Å². The average molecular weight is 381 g/mol. The van der Waals surface area contributed by atoms with Crippen LogP contribution in [0, 0.1) is 0 Å². The third kappa shape index (κ3) is 4.95. The first-order valence-electron chi connectivity index (χ1n) is 9.11. The molecule has 1 aliphatic heterocycles. The molecule has 1 saturated heterocycles. The molecule has 0 radical (unpaired) electrons. The van der Waals surface area contributed by atoms with E-state index in [1.165, 1.54) is 12.7 Å². The van der Waals surface area contributed by atoms with Crippen LogP contribution >= 0.6 is 0 Å². The van der Waals surface area contributed by atoms with Crippen molar-refractivity contribution in [2.24, 2.45) is 0 Å². The number of esters is 1. The highest BCUT2D eigenvalue weighted by Crippen LogP contribution is 2.22. The van der Waals surface area contributed by atoms with Crippen molar-refractivity contribution in [2.75, 3.05) is 25.5 Å². The number of likely N-dealkylation sites (tertiary alicyclic amines) is 1. The van der Waals surface area contributed by atoms with Crippen molar-refractivity contribution in [2.45, 2.75) is 19.0 Å². The van der Waals surface area contributed by atoms with E-state index in [9.17, 15) is 14.4 Å². The summed E-state index contributed by atoms with van der Waals surface area (Å²) in [5.74, 6) is -1.02. The number of carbonyl (C=O) groups is 3. The highest BCUT2D eigenvalue weighted by atomic mass is 16.5. The van der Waals surface area contributed by atoms with Gasteiger partial charge in [0.1, 0.15) is 6.54 Å². The summed E-state index contributed by atoms with van der Waals surface area (Å²) in [5.41, 5.74) is 2.07. The molecule has 2 aromatic rings. The van der Waals surface area contributed by atoms with Gasteiger partial charge >= 0.3 is 5.97 Å². The number of anilines is 1. The third-order valence-corrected chi connectivity index (χ3v) is 4.67. The summed E-state index contributed by atoms with van der Waals surface area (Å²) in [7, 11) is 1.26. The lowest BCUT2D eigenvalue weighted by Gasteiger charge is -2.39. The van der Waals surface area contributed by atoms with Crippen LogP contribution in [-0.4, -0.2) is 48.9 Å². The van der Waals surface area contributed by atoms with Crippen molar-refractivity contribution < 1.29 is 19.1 Å². The van der Waals surface area contributed by atoms with Crippen LogP contribution < -0.4 is 10.6 Å². The Kier molecular flexibility index (Phi) is 6.39. The van der Waals surface area contributed by atoms with Gasteiger partial charge in [-0.15, -0.1) is 0 Å². The Morgan fingerprint density at radius 2 is 1.89 bits per heavy atom. The molecular weight excluding hydrogens is 358 g/mol. The van der Waals surface area contributed by atoms with E-state index < -0.39 is 11.9 Å². The molecule has 1 heterocycles. The first kappa shape index (κ1) is 19.6. The smallest absolute Gasteiger partial charge is 0.325 e. The summed E-state index contributed by atoms with van der Waals surface area (Å²) >= 11 is 0. The molecule has 1 fully saturated rings. The molecule has 0 aromatic heterocycles. The molecule has 7 heteroatoms. The Labute approximate surface area is 163 Å². The highest BCUT2D eigenvalue weighted by molar-refractivity contribution is 5.99. The molecule has 2 amide bonds. The maximum absolute atomic E-state index is 12.6. The van der Waals surface area contributed by atoms with Crippen LogP contribution in [0.2, 0.25) is 0 Å². The molecule has 2 N–H and O–H groups in total. The van der Waals surface area contributed by atoms with E-state index in [0.717, 1.165) is 19.5 Å². The lowest BCUT2D eigenvalue weighted by Crippen LogP contribution is -2.53. The van der Waals surface area contributed by atoms with Crippen LogP contribution in [0.3, 0.4) is 0 Å². The topological polar surface area (TPSA) is 87.7 Å². The van der Waals surface area contributed by atoms with E-state index in [1.54, 1.807) is 24.3 Å². The van der Waals surface area contributed by atoms with Crippen LogP contribution in [-0.2, 0) is 20.9 Å². The van der Waals surface area contributed by atoms with Gasteiger partial charge in [0.15, 0.2) is 0 Å². The number of amides is 2. The fourth-order valence-corrected chi connectivity index (χ4v) is 3.04. The minimum atomic E-state index is -0.527. The Hall–Kier alpha value is -3.19. The number of nitrogens with zero attached hydrogens (tertiary/aromatic N) is 1. The maximum atomic E-state index is 12.6. The van der Waals surface area contributed by atoms with Gasteiger partial charge in [-0.2, -0.15) is 0 Å². The molecule has 1 atom stereocenters. The zero-order valence-electron chi connectivity index (χ0n) is 15.7. The van der Waals surface area contributed by atoms with E-state index in [1.807, 2.05) is 30.3 Å². The van der Waals surface area contributed by atoms with E-state index in [0.29, 0.717) is 11.3 Å². The van der Waals surface area contributed by atoms with Gasteiger partial charge in [-0.3, -0.25) is 19.3 Å². The van der Waals surface area contributed by atoms with Crippen LogP contribution in [0.15, 0.2) is 54.6 Å². The molecule has 0 aliphatic carbocycles. The minimum Gasteiger partial charge on any atom is -0.468 e. The number of hydrogen-bond acceptors (Lipinski definition) is 5. The van der Waals surface area contributed by atoms with Crippen molar-refractivity contribution in [3.05, 3.63) is 65.7 Å². The molecule has 146 valence electrons. The Bertz CT molecular complexity index is 854. The Morgan fingerprint density at radius 1 is 1.11 bits per heavy atom. The van der Waals surface area contributed by atoms with Crippen molar-refractivity contribution in [3.8, 4) is 0 Å². The Morgan fingerprint density at radius 3 is 2.57 bits per heavy atom. The number of ether oxygens (including phenoxy) is 1. The Balaban J connectivity index is 1.57. The molecule has 1 unspecified atom stereocenters. The third-order valence-electron chi connectivity index (χ3n) is 4.67. The summed E-state index contributed by atoms with van der Waals surface area (Å²) in [6.07, 6.45) is 0.804. The van der Waals surface area contributed by atoms with Gasteiger partial charge in [-0.25, -0.2) is 0 Å². The number of nitrogens with one attached hydrogen (secondary N) is 2. The monoisotopic (exact) mass is 381 g/mol. The maximum Gasteiger partial charge on any atom is 0.325 e. The molecular formula is C21H23N3O4. The van der Waals surface area contributed by atoms with E-state index in [2.05, 4.69) is 20.3 Å². The molecule has 3 rings (SSSR count). The second-order valence-electron chi connectivity index (χ2n) is 6.59. The molecule has 1 aliphatic rings. The molecule has 28 heavy (non-hydrogen) atoms. The quantitative estimate of drug-likeness (QED) is 0.714. The lowest BCUT2D eigenvalue weighted by atomic mass is 10.0. The fourth-order valence-electron chi connectivity index (χ4n) is 3.04. The number of hydrogen-bond donors (Lipinski definition) is 2. The highest BCUT2D eigenvalue weighted by Gasteiger charge is 2.33. The zero-order valence-corrected chi connectivity index (χ0v) is 15.7. The lowest BCUT2D eigenvalue weighted by molar-refractivity contribution is -0.139. The van der Waals surface area contributed by atoms with Crippen molar-refractivity contribution in [1.29, 1.82) is 0 Å². The summed E-state index contributed by atoms with van der Waals surface area (Å²) in [4.78, 5) is 38.0. The van der Waals surface area contributed by atoms with Crippen molar-refractivity contribution >= 4 is 23.5 Å². The fraction of sp³-hybridized carbons (Fsp3) is 0.286. The van der Waals surface area contributed by atoms with Crippen molar-refractivity contribution in [3.63, 3.8) is 0 Å². The number of methoxy groups -OCH3 is 1. The van der Waals surface area contributed by atoms with Crippen LogP contribution in [0.5, 0.6) is 0 Å². The second-order valence-corrected chi connectivity index (χ2v) is 6.59. The first-order valence-corrected chi connectivity index (χ1v) is 9.11. The van der Waals surface area contributed by atoms with Crippen LogP contribution in [0.25, 0.3) is 0 Å². The molecule has 0 spiro atoms. The summed E-state index contributed by atoms with van der Waals surface area (Å²) < 4.78 is 4.50. The standard InChI is InChI=1S/C21H23N3O4/c1-28-19(25)13-22-20(26)16-8-5-9-17(12-16)23-21(27)18-10-11-24(18)14-15-6-3-2-4-7-15/h2-9,12,18H,10-11,13-14H2,1H3,(H,22,26)(H,23,27). The summed E-state index contributed by atoms with van der Waals surface area (Å²) in [5, 5.41) is 5.35. The van der Waals surface area contributed by atoms with Gasteiger partial charge in [-0.05, 0) is 30.2 Å². The number of benzene rings is 2. The van der Waals surface area contributed by atoms with Gasteiger partial charge in [0.05, 0.1) is 13.2 Å². The normalized spacial score (nSPS) is 16.0. The second kappa shape index (κ2) is 9.14. The van der Waals surface area contributed by atoms with E-state index in [-0.39, 0.29) is 18.5 Å². The van der Waals surface area contributed by atoms with Gasteiger partial charge in [-0.1, -0.05) is 36.4 Å². The molecule has 0 bridgehead atoms. The molecule has 2 aromatic carbocycles. The largest absolute Gasteiger partial charge is 0.468 e. The van der Waals surface area contributed by atoms with Gasteiger partial charge in [0.25, 0.3) is 5.91 Å². The zero-order chi connectivity index (χ0) is 19.9. The number of carbonyl (C=O) groups excluding carboxylic acids is 3. The van der Waals surface area contributed by atoms with Crippen molar-refractivity contribution in [1.82, 2.24) is 10.2 Å². The minimum absolute atomic E-state index is 0.0886. The van der Waals surface area contributed by atoms with Crippen LogP contribution in [0.1, 0.15) is 22.3 Å².